The van der Waals surface area contributed by atoms with Gasteiger partial charge in [0.15, 0.2) is 0 Å². The Morgan fingerprint density at radius 3 is 1.44 bits per heavy atom. The van der Waals surface area contributed by atoms with E-state index in [-0.39, 0.29) is 19.8 Å². The number of hydrogen-bond acceptors (Lipinski definition) is 1. The van der Waals surface area contributed by atoms with E-state index in [2.05, 4.69) is 0 Å². The van der Waals surface area contributed by atoms with Gasteiger partial charge in [-0.1, -0.05) is 13.8 Å². The molecule has 0 atom stereocenters. The lowest BCUT2D eigenvalue weighted by Gasteiger charge is -2.28. The molecule has 16 heavy (non-hydrogen) atoms. The van der Waals surface area contributed by atoms with Gasteiger partial charge in [0.1, 0.15) is 0 Å². The maximum absolute atomic E-state index is 12.4. The fourth-order valence-electron chi connectivity index (χ4n) is 0.946. The van der Waals surface area contributed by atoms with Crippen molar-refractivity contribution < 1.29 is 22.0 Å². The molecule has 0 aromatic carbocycles. The zero-order valence-electron chi connectivity index (χ0n) is 10.2. The van der Waals surface area contributed by atoms with Crippen LogP contribution >= 0.6 is 0 Å². The summed E-state index contributed by atoms with van der Waals surface area (Å²) in [7, 11) is 1.87. The second kappa shape index (κ2) is 7.81. The smallest absolute Gasteiger partial charge is 0.306 e. The number of hydrogen-bond donors (Lipinski definition) is 0. The summed E-state index contributed by atoms with van der Waals surface area (Å²) in [6.45, 7) is 5.26. The molecule has 0 unspecified atom stereocenters. The molecule has 0 radical (unpaired) electrons. The highest BCUT2D eigenvalue weighted by molar-refractivity contribution is 4.75. The van der Waals surface area contributed by atoms with Crippen molar-refractivity contribution in [1.29, 1.82) is 0 Å². The SMILES string of the molecule is CC.CC(F)(F)F.CN1CCC(F)(F)CC1. The van der Waals surface area contributed by atoms with Crippen molar-refractivity contribution in [3.05, 3.63) is 0 Å². The van der Waals surface area contributed by atoms with Crippen LogP contribution in [0.5, 0.6) is 0 Å². The Kier molecular flexibility index (Phi) is 8.78. The lowest BCUT2D eigenvalue weighted by molar-refractivity contribution is -0.110. The standard InChI is InChI=1S/C6H11F2N.C2H3F3.C2H6/c1-9-4-2-6(7,8)3-5-9;1-2(3,4)5;1-2/h2-5H2,1H3;1H3;1-2H3. The van der Waals surface area contributed by atoms with Crippen LogP contribution in [0.25, 0.3) is 0 Å². The summed E-state index contributed by atoms with van der Waals surface area (Å²) in [4.78, 5) is 1.93. The minimum absolute atomic E-state index is 0.0312. The number of alkyl halides is 5. The molecule has 0 N–H and O–H groups in total. The van der Waals surface area contributed by atoms with E-state index in [4.69, 9.17) is 0 Å². The van der Waals surface area contributed by atoms with Crippen molar-refractivity contribution in [3.63, 3.8) is 0 Å². The van der Waals surface area contributed by atoms with E-state index in [1.165, 1.54) is 0 Å². The van der Waals surface area contributed by atoms with E-state index in [1.54, 1.807) is 0 Å². The van der Waals surface area contributed by atoms with Crippen LogP contribution in [0.2, 0.25) is 0 Å². The van der Waals surface area contributed by atoms with Crippen LogP contribution in [-0.2, 0) is 0 Å². The zero-order valence-corrected chi connectivity index (χ0v) is 10.2. The fraction of sp³-hybridized carbons (Fsp3) is 1.00. The van der Waals surface area contributed by atoms with Gasteiger partial charge in [-0.25, -0.2) is 8.78 Å². The van der Waals surface area contributed by atoms with E-state index < -0.39 is 12.1 Å². The molecule has 1 heterocycles. The molecular weight excluding hydrogens is 229 g/mol. The van der Waals surface area contributed by atoms with Crippen molar-refractivity contribution in [3.8, 4) is 0 Å². The van der Waals surface area contributed by atoms with Gasteiger partial charge in [0.2, 0.25) is 0 Å². The molecule has 0 bridgehead atoms. The Hall–Kier alpha value is -0.390. The molecule has 0 saturated carbocycles. The van der Waals surface area contributed by atoms with Gasteiger partial charge in [-0.3, -0.25) is 0 Å². The Bertz CT molecular complexity index is 151. The van der Waals surface area contributed by atoms with Crippen LogP contribution in [0.15, 0.2) is 0 Å². The van der Waals surface area contributed by atoms with Gasteiger partial charge in [0.05, 0.1) is 0 Å². The van der Waals surface area contributed by atoms with Gasteiger partial charge >= 0.3 is 6.18 Å². The maximum Gasteiger partial charge on any atom is 0.386 e. The first kappa shape index (κ1) is 18.0. The first-order valence-electron chi connectivity index (χ1n) is 5.23. The first-order chi connectivity index (χ1) is 7.10. The Morgan fingerprint density at radius 2 is 1.25 bits per heavy atom. The van der Waals surface area contributed by atoms with Crippen molar-refractivity contribution >= 4 is 0 Å². The number of nitrogens with zero attached hydrogens (tertiary/aromatic N) is 1. The molecule has 1 saturated heterocycles. The highest BCUT2D eigenvalue weighted by atomic mass is 19.4. The van der Waals surface area contributed by atoms with E-state index >= 15 is 0 Å². The predicted octanol–water partition coefficient (Wildman–Crippen LogP) is 3.94. The van der Waals surface area contributed by atoms with Gasteiger partial charge in [0.25, 0.3) is 5.92 Å². The Balaban J connectivity index is 0. The number of likely N-dealkylation sites (tertiary alicyclic amines) is 1. The molecule has 1 aliphatic rings. The van der Waals surface area contributed by atoms with Crippen LogP contribution < -0.4 is 0 Å². The zero-order chi connectivity index (χ0) is 13.4. The molecule has 1 rings (SSSR count). The summed E-state index contributed by atoms with van der Waals surface area (Å²) in [6.07, 6.45) is -3.94. The van der Waals surface area contributed by atoms with Gasteiger partial charge in [0, 0.05) is 32.9 Å². The monoisotopic (exact) mass is 249 g/mol. The summed E-state index contributed by atoms with van der Waals surface area (Å²) in [6, 6.07) is 0. The first-order valence-corrected chi connectivity index (χ1v) is 5.23. The molecule has 100 valence electrons. The van der Waals surface area contributed by atoms with Crippen LogP contribution in [-0.4, -0.2) is 37.1 Å². The van der Waals surface area contributed by atoms with Crippen molar-refractivity contribution in [2.45, 2.75) is 45.7 Å². The maximum atomic E-state index is 12.4. The molecule has 0 spiro atoms. The summed E-state index contributed by atoms with van der Waals surface area (Å²) in [5.41, 5.74) is 0. The number of piperidine rings is 1. The lowest BCUT2D eigenvalue weighted by Crippen LogP contribution is -2.36. The molecule has 1 nitrogen and oxygen atoms in total. The minimum Gasteiger partial charge on any atom is -0.306 e. The number of rotatable bonds is 0. The molecule has 1 aliphatic heterocycles. The predicted molar refractivity (Wildman–Crippen MR) is 54.8 cm³/mol. The summed E-state index contributed by atoms with van der Waals surface area (Å²) < 4.78 is 55.8. The van der Waals surface area contributed by atoms with E-state index in [9.17, 15) is 22.0 Å². The quantitative estimate of drug-likeness (QED) is 0.588. The summed E-state index contributed by atoms with van der Waals surface area (Å²) in [5.74, 6) is -2.38. The van der Waals surface area contributed by atoms with Crippen molar-refractivity contribution in [2.24, 2.45) is 0 Å². The molecular formula is C10H20F5N. The van der Waals surface area contributed by atoms with Crippen LogP contribution in [0, 0.1) is 0 Å². The summed E-state index contributed by atoms with van der Waals surface area (Å²) >= 11 is 0. The van der Waals surface area contributed by atoms with Crippen LogP contribution in [0.3, 0.4) is 0 Å². The summed E-state index contributed by atoms with van der Waals surface area (Å²) in [5, 5.41) is 0. The van der Waals surface area contributed by atoms with Gasteiger partial charge in [-0.2, -0.15) is 13.2 Å². The van der Waals surface area contributed by atoms with Crippen LogP contribution in [0.4, 0.5) is 22.0 Å². The van der Waals surface area contributed by atoms with Gasteiger partial charge in [-0.15, -0.1) is 0 Å². The highest BCUT2D eigenvalue weighted by Gasteiger charge is 2.32. The highest BCUT2D eigenvalue weighted by Crippen LogP contribution is 2.26. The third kappa shape index (κ3) is 16.1. The van der Waals surface area contributed by atoms with Gasteiger partial charge < -0.3 is 4.90 Å². The fourth-order valence-corrected chi connectivity index (χ4v) is 0.946. The molecule has 0 aromatic rings. The molecule has 6 heteroatoms. The van der Waals surface area contributed by atoms with Crippen LogP contribution in [0.1, 0.15) is 33.6 Å². The van der Waals surface area contributed by atoms with E-state index in [0.717, 1.165) is 0 Å². The van der Waals surface area contributed by atoms with Crippen molar-refractivity contribution in [1.82, 2.24) is 4.90 Å². The molecule has 1 fully saturated rings. The topological polar surface area (TPSA) is 3.24 Å². The third-order valence-corrected chi connectivity index (χ3v) is 1.72. The number of halogens is 5. The molecule has 0 aliphatic carbocycles. The average Bonchev–Trinajstić information content (AvgIpc) is 2.11. The second-order valence-corrected chi connectivity index (χ2v) is 3.44. The Morgan fingerprint density at radius 1 is 1.00 bits per heavy atom. The normalized spacial score (nSPS) is 20.1. The van der Waals surface area contributed by atoms with E-state index in [1.807, 2.05) is 25.8 Å². The van der Waals surface area contributed by atoms with Crippen molar-refractivity contribution in [2.75, 3.05) is 20.1 Å². The van der Waals surface area contributed by atoms with Gasteiger partial charge in [-0.05, 0) is 7.05 Å². The van der Waals surface area contributed by atoms with E-state index in [0.29, 0.717) is 13.1 Å². The molecule has 0 aromatic heterocycles. The Labute approximate surface area is 93.6 Å². The lowest BCUT2D eigenvalue weighted by atomic mass is 10.1. The molecule has 0 amide bonds. The second-order valence-electron chi connectivity index (χ2n) is 3.44. The largest absolute Gasteiger partial charge is 0.386 e. The third-order valence-electron chi connectivity index (χ3n) is 1.72. The average molecular weight is 249 g/mol. The minimum atomic E-state index is -4.00.